The van der Waals surface area contributed by atoms with Crippen molar-refractivity contribution in [2.45, 2.75) is 42.4 Å². The number of amides is 2. The maximum atomic E-state index is 12.5. The quantitative estimate of drug-likeness (QED) is 0.863. The van der Waals surface area contributed by atoms with Gasteiger partial charge in [-0.15, -0.1) is 0 Å². The first-order valence-corrected chi connectivity index (χ1v) is 10.3. The van der Waals surface area contributed by atoms with Crippen LogP contribution in [0.4, 0.5) is 19.3 Å². The lowest BCUT2D eigenvalue weighted by molar-refractivity contribution is 0.132. The average molecular weight is 387 g/mol. The van der Waals surface area contributed by atoms with Crippen LogP contribution in [0.3, 0.4) is 0 Å². The van der Waals surface area contributed by atoms with Gasteiger partial charge in [0.2, 0.25) is 9.84 Å². The van der Waals surface area contributed by atoms with E-state index in [0.29, 0.717) is 24.8 Å². The molecule has 2 aliphatic rings. The molecule has 1 aromatic rings. The molecule has 0 radical (unpaired) electrons. The number of piperidine rings is 1. The first-order valence-electron chi connectivity index (χ1n) is 8.80. The van der Waals surface area contributed by atoms with Crippen molar-refractivity contribution in [2.75, 3.05) is 31.5 Å². The number of sulfone groups is 1. The largest absolute Gasteiger partial charge is 0.341 e. The normalized spacial score (nSPS) is 22.0. The number of carbonyl (C=O) groups excluding carboxylic acids is 1. The van der Waals surface area contributed by atoms with Crippen LogP contribution in [0.2, 0.25) is 0 Å². The lowest BCUT2D eigenvalue weighted by atomic mass is 10.0. The van der Waals surface area contributed by atoms with Gasteiger partial charge in [-0.2, -0.15) is 8.78 Å². The molecule has 2 amide bonds. The van der Waals surface area contributed by atoms with Gasteiger partial charge in [0.15, 0.2) is 0 Å². The Balaban J connectivity index is 1.60. The van der Waals surface area contributed by atoms with E-state index in [0.717, 1.165) is 38.1 Å². The van der Waals surface area contributed by atoms with Gasteiger partial charge in [0.1, 0.15) is 0 Å². The number of carbonyl (C=O) groups is 1. The Labute approximate surface area is 152 Å². The number of benzene rings is 1. The fourth-order valence-corrected chi connectivity index (χ4v) is 4.30. The van der Waals surface area contributed by atoms with Crippen LogP contribution < -0.4 is 5.32 Å². The van der Waals surface area contributed by atoms with E-state index < -0.39 is 20.5 Å². The fraction of sp³-hybridized carbons (Fsp3) is 0.588. The highest BCUT2D eigenvalue weighted by Gasteiger charge is 2.29. The molecule has 9 heteroatoms. The van der Waals surface area contributed by atoms with Crippen molar-refractivity contribution in [1.29, 1.82) is 0 Å². The lowest BCUT2D eigenvalue weighted by Gasteiger charge is -2.37. The van der Waals surface area contributed by atoms with Gasteiger partial charge in [0.25, 0.3) is 0 Å². The topological polar surface area (TPSA) is 69.7 Å². The molecule has 6 nitrogen and oxygen atoms in total. The molecule has 3 rings (SSSR count). The van der Waals surface area contributed by atoms with Crippen LogP contribution in [0.1, 0.15) is 25.7 Å². The summed E-state index contributed by atoms with van der Waals surface area (Å²) < 4.78 is 47.9. The van der Waals surface area contributed by atoms with Crippen molar-refractivity contribution in [3.05, 3.63) is 24.3 Å². The van der Waals surface area contributed by atoms with Crippen LogP contribution in [0.5, 0.6) is 0 Å². The summed E-state index contributed by atoms with van der Waals surface area (Å²) in [6, 6.07) is 4.96. The van der Waals surface area contributed by atoms with Gasteiger partial charge in [0.05, 0.1) is 4.90 Å². The van der Waals surface area contributed by atoms with Gasteiger partial charge in [-0.25, -0.2) is 13.2 Å². The first kappa shape index (κ1) is 19.0. The molecule has 0 bridgehead atoms. The third kappa shape index (κ3) is 4.15. The first-order chi connectivity index (χ1) is 12.4. The molecule has 2 heterocycles. The van der Waals surface area contributed by atoms with E-state index in [1.165, 1.54) is 25.0 Å². The van der Waals surface area contributed by atoms with Gasteiger partial charge in [-0.3, -0.25) is 4.90 Å². The zero-order valence-corrected chi connectivity index (χ0v) is 15.2. The highest BCUT2D eigenvalue weighted by atomic mass is 32.2. The van der Waals surface area contributed by atoms with Crippen LogP contribution in [-0.4, -0.2) is 62.2 Å². The SMILES string of the molecule is O=C(Nc1ccc(S(=O)(=O)C(F)F)cc1)N1CCC[C@H](N2CCCC2)C1. The molecule has 1 aromatic carbocycles. The van der Waals surface area contributed by atoms with E-state index >= 15 is 0 Å². The molecule has 2 aliphatic heterocycles. The minimum atomic E-state index is -4.62. The van der Waals surface area contributed by atoms with Crippen molar-refractivity contribution in [2.24, 2.45) is 0 Å². The molecule has 2 fully saturated rings. The van der Waals surface area contributed by atoms with E-state index in [-0.39, 0.29) is 6.03 Å². The second kappa shape index (κ2) is 7.87. The van der Waals surface area contributed by atoms with Crippen molar-refractivity contribution >= 4 is 21.6 Å². The van der Waals surface area contributed by atoms with Gasteiger partial charge >= 0.3 is 11.8 Å². The van der Waals surface area contributed by atoms with E-state index in [1.807, 2.05) is 0 Å². The lowest BCUT2D eigenvalue weighted by Crippen LogP contribution is -2.50. The molecular weight excluding hydrogens is 364 g/mol. The summed E-state index contributed by atoms with van der Waals surface area (Å²) in [5.41, 5.74) is 0.381. The third-order valence-corrected chi connectivity index (χ3v) is 6.41. The standard InChI is InChI=1S/C17H23F2N3O3S/c18-16(19)26(24,25)15-7-5-13(6-8-15)20-17(23)22-11-3-4-14(12-22)21-9-1-2-10-21/h5-8,14,16H,1-4,9-12H2,(H,20,23)/t14-/m0/s1. The smallest absolute Gasteiger partial charge is 0.323 e. The zero-order valence-electron chi connectivity index (χ0n) is 14.4. The van der Waals surface area contributed by atoms with Crippen LogP contribution in [0, 0.1) is 0 Å². The molecule has 1 N–H and O–H groups in total. The van der Waals surface area contributed by atoms with Crippen LogP contribution >= 0.6 is 0 Å². The highest BCUT2D eigenvalue weighted by Crippen LogP contribution is 2.23. The fourth-order valence-electron chi connectivity index (χ4n) is 3.58. The molecule has 0 saturated carbocycles. The maximum absolute atomic E-state index is 12.5. The number of hydrogen-bond acceptors (Lipinski definition) is 4. The van der Waals surface area contributed by atoms with Crippen LogP contribution in [0.25, 0.3) is 0 Å². The van der Waals surface area contributed by atoms with Gasteiger partial charge in [0, 0.05) is 24.8 Å². The van der Waals surface area contributed by atoms with Gasteiger partial charge < -0.3 is 10.2 Å². The predicted molar refractivity (Wildman–Crippen MR) is 94.1 cm³/mol. The Morgan fingerprint density at radius 2 is 1.73 bits per heavy atom. The molecule has 1 atom stereocenters. The number of hydrogen-bond donors (Lipinski definition) is 1. The summed E-state index contributed by atoms with van der Waals surface area (Å²) in [6.07, 6.45) is 4.44. The van der Waals surface area contributed by atoms with E-state index in [1.54, 1.807) is 4.90 Å². The van der Waals surface area contributed by atoms with E-state index in [4.69, 9.17) is 0 Å². The predicted octanol–water partition coefficient (Wildman–Crippen LogP) is 2.78. The molecule has 0 unspecified atom stereocenters. The number of halogens is 2. The number of alkyl halides is 2. The Kier molecular flexibility index (Phi) is 5.76. The molecule has 26 heavy (non-hydrogen) atoms. The van der Waals surface area contributed by atoms with Crippen LogP contribution in [-0.2, 0) is 9.84 Å². The minimum Gasteiger partial charge on any atom is -0.323 e. The minimum absolute atomic E-state index is 0.252. The molecule has 0 aromatic heterocycles. The van der Waals surface area contributed by atoms with Crippen molar-refractivity contribution in [3.63, 3.8) is 0 Å². The summed E-state index contributed by atoms with van der Waals surface area (Å²) in [5.74, 6) is -3.46. The summed E-state index contributed by atoms with van der Waals surface area (Å²) >= 11 is 0. The Morgan fingerprint density at radius 1 is 1.08 bits per heavy atom. The summed E-state index contributed by atoms with van der Waals surface area (Å²) in [6.45, 7) is 3.51. The zero-order chi connectivity index (χ0) is 18.7. The van der Waals surface area contributed by atoms with Crippen LogP contribution in [0.15, 0.2) is 29.2 Å². The van der Waals surface area contributed by atoms with E-state index in [2.05, 4.69) is 10.2 Å². The number of nitrogens with zero attached hydrogens (tertiary/aromatic N) is 2. The average Bonchev–Trinajstić information content (AvgIpc) is 3.17. The number of urea groups is 1. The van der Waals surface area contributed by atoms with E-state index in [9.17, 15) is 22.0 Å². The molecule has 0 aliphatic carbocycles. The summed E-state index contributed by atoms with van der Waals surface area (Å²) in [7, 11) is -4.62. The number of likely N-dealkylation sites (tertiary alicyclic amines) is 2. The second-order valence-corrected chi connectivity index (χ2v) is 8.66. The molecular formula is C17H23F2N3O3S. The number of rotatable bonds is 4. The summed E-state index contributed by atoms with van der Waals surface area (Å²) in [5, 5.41) is 2.72. The second-order valence-electron chi connectivity index (χ2n) is 6.75. The molecule has 2 saturated heterocycles. The Morgan fingerprint density at radius 3 is 2.35 bits per heavy atom. The van der Waals surface area contributed by atoms with Crippen molar-refractivity contribution in [3.8, 4) is 0 Å². The molecule has 144 valence electrons. The Bertz CT molecular complexity index is 734. The maximum Gasteiger partial charge on any atom is 0.341 e. The third-order valence-electron chi connectivity index (χ3n) is 5.01. The van der Waals surface area contributed by atoms with Gasteiger partial charge in [-0.05, 0) is 63.0 Å². The number of nitrogens with one attached hydrogen (secondary N) is 1. The molecule has 0 spiro atoms. The highest BCUT2D eigenvalue weighted by molar-refractivity contribution is 7.91. The van der Waals surface area contributed by atoms with Crippen molar-refractivity contribution < 1.29 is 22.0 Å². The van der Waals surface area contributed by atoms with Crippen molar-refractivity contribution in [1.82, 2.24) is 9.80 Å². The van der Waals surface area contributed by atoms with Gasteiger partial charge in [-0.1, -0.05) is 0 Å². The summed E-state index contributed by atoms with van der Waals surface area (Å²) in [4.78, 5) is 16.2. The number of anilines is 1. The Hall–Kier alpha value is -1.74. The monoisotopic (exact) mass is 387 g/mol.